The van der Waals surface area contributed by atoms with Crippen molar-refractivity contribution in [3.05, 3.63) is 34.3 Å². The molecule has 0 spiro atoms. The first kappa shape index (κ1) is 15.1. The largest absolute Gasteiger partial charge is 0.133 e. The van der Waals surface area contributed by atoms with Crippen LogP contribution in [0.3, 0.4) is 0 Å². The molecule has 0 nitrogen and oxygen atoms in total. The third-order valence-corrected chi connectivity index (χ3v) is 5.86. The molecule has 2 heteroatoms. The molecule has 0 N–H and O–H groups in total. The Morgan fingerprint density at radius 3 is 1.94 bits per heavy atom. The predicted octanol–water partition coefficient (Wildman–Crippen LogP) is 5.17. The van der Waals surface area contributed by atoms with Crippen LogP contribution in [0.4, 0.5) is 0 Å². The average Bonchev–Trinajstić information content (AvgIpc) is 2.35. The Morgan fingerprint density at radius 1 is 0.941 bits per heavy atom. The summed E-state index contributed by atoms with van der Waals surface area (Å²) in [6.45, 7) is 4.59. The van der Waals surface area contributed by atoms with Crippen molar-refractivity contribution in [2.45, 2.75) is 45.3 Å². The smallest absolute Gasteiger partial charge is 0.0652 e. The van der Waals surface area contributed by atoms with Gasteiger partial charge in [-0.05, 0) is 35.9 Å². The van der Waals surface area contributed by atoms with E-state index in [-0.39, 0.29) is 0 Å². The molecule has 0 aromatic heterocycles. The van der Waals surface area contributed by atoms with Crippen molar-refractivity contribution in [3.8, 4) is 0 Å². The molecule has 0 fully saturated rings. The Hall–Kier alpha value is 0.0500. The summed E-state index contributed by atoms with van der Waals surface area (Å²) in [6.07, 6.45) is 5.44. The molecule has 1 aromatic carbocycles. The summed E-state index contributed by atoms with van der Waals surface area (Å²) in [7, 11) is 0.603. The van der Waals surface area contributed by atoms with E-state index in [4.69, 9.17) is 0 Å². The molecule has 1 aromatic rings. The van der Waals surface area contributed by atoms with E-state index in [1.54, 1.807) is 0 Å². The quantitative estimate of drug-likeness (QED) is 0.581. The summed E-state index contributed by atoms with van der Waals surface area (Å²) in [5.74, 6) is 4.13. The fourth-order valence-corrected chi connectivity index (χ4v) is 4.57. The summed E-state index contributed by atoms with van der Waals surface area (Å²) in [6, 6.07) is 8.86. The summed E-state index contributed by atoms with van der Waals surface area (Å²) < 4.78 is 1.18. The SMILES string of the molecule is CCCC[S+](CCCC)Cc1ccc(Br)cc1. The third kappa shape index (κ3) is 6.52. The molecule has 0 saturated heterocycles. The molecule has 0 saturated carbocycles. The van der Waals surface area contributed by atoms with E-state index >= 15 is 0 Å². The van der Waals surface area contributed by atoms with E-state index in [2.05, 4.69) is 54.0 Å². The van der Waals surface area contributed by atoms with Gasteiger partial charge in [0.1, 0.15) is 17.3 Å². The highest BCUT2D eigenvalue weighted by molar-refractivity contribution is 9.10. The highest BCUT2D eigenvalue weighted by atomic mass is 79.9. The van der Waals surface area contributed by atoms with Crippen LogP contribution in [0.5, 0.6) is 0 Å². The summed E-state index contributed by atoms with van der Waals surface area (Å²) >= 11 is 3.50. The Morgan fingerprint density at radius 2 is 1.47 bits per heavy atom. The number of benzene rings is 1. The monoisotopic (exact) mass is 315 g/mol. The van der Waals surface area contributed by atoms with Crippen LogP contribution in [0.15, 0.2) is 28.7 Å². The second-order valence-corrected chi connectivity index (χ2v) is 7.74. The van der Waals surface area contributed by atoms with Crippen LogP contribution in [-0.4, -0.2) is 11.5 Å². The fraction of sp³-hybridized carbons (Fsp3) is 0.600. The lowest BCUT2D eigenvalue weighted by molar-refractivity contribution is 0.870. The van der Waals surface area contributed by atoms with E-state index in [0.29, 0.717) is 10.9 Å². The minimum absolute atomic E-state index is 0.603. The number of hydrogen-bond acceptors (Lipinski definition) is 0. The lowest BCUT2D eigenvalue weighted by Gasteiger charge is -2.08. The first-order valence-corrected chi connectivity index (χ1v) is 9.17. The molecule has 0 atom stereocenters. The normalized spacial score (nSPS) is 11.1. The van der Waals surface area contributed by atoms with Gasteiger partial charge in [-0.3, -0.25) is 0 Å². The van der Waals surface area contributed by atoms with Gasteiger partial charge < -0.3 is 0 Å². The predicted molar refractivity (Wildman–Crippen MR) is 84.8 cm³/mol. The molecule has 0 radical (unpaired) electrons. The molecule has 0 heterocycles. The highest BCUT2D eigenvalue weighted by Crippen LogP contribution is 2.16. The third-order valence-electron chi connectivity index (χ3n) is 2.86. The molecule has 0 amide bonds. The lowest BCUT2D eigenvalue weighted by atomic mass is 10.2. The zero-order chi connectivity index (χ0) is 12.5. The number of hydrogen-bond donors (Lipinski definition) is 0. The van der Waals surface area contributed by atoms with E-state index in [1.165, 1.54) is 53.0 Å². The minimum Gasteiger partial charge on any atom is -0.0652 e. The molecule has 0 aliphatic heterocycles. The zero-order valence-electron chi connectivity index (χ0n) is 11.0. The maximum Gasteiger partial charge on any atom is 0.133 e. The number of rotatable bonds is 8. The van der Waals surface area contributed by atoms with Gasteiger partial charge in [0.25, 0.3) is 0 Å². The van der Waals surface area contributed by atoms with Gasteiger partial charge in [0.15, 0.2) is 0 Å². The van der Waals surface area contributed by atoms with Gasteiger partial charge in [-0.2, -0.15) is 0 Å². The molecule has 0 aliphatic carbocycles. The van der Waals surface area contributed by atoms with Gasteiger partial charge in [-0.25, -0.2) is 0 Å². The van der Waals surface area contributed by atoms with Gasteiger partial charge >= 0.3 is 0 Å². The molecular weight excluding hydrogens is 292 g/mol. The summed E-state index contributed by atoms with van der Waals surface area (Å²) in [5.41, 5.74) is 1.50. The second kappa shape index (κ2) is 9.04. The first-order chi connectivity index (χ1) is 8.26. The molecule has 0 aliphatic rings. The van der Waals surface area contributed by atoms with E-state index < -0.39 is 0 Å². The summed E-state index contributed by atoms with van der Waals surface area (Å²) in [5, 5.41) is 0. The maximum atomic E-state index is 3.50. The van der Waals surface area contributed by atoms with Gasteiger partial charge in [-0.15, -0.1) is 0 Å². The molecule has 1 rings (SSSR count). The van der Waals surface area contributed by atoms with Gasteiger partial charge in [0.2, 0.25) is 0 Å². The van der Waals surface area contributed by atoms with Crippen molar-refractivity contribution in [1.82, 2.24) is 0 Å². The molecule has 96 valence electrons. The van der Waals surface area contributed by atoms with Crippen LogP contribution in [0.2, 0.25) is 0 Å². The average molecular weight is 316 g/mol. The Labute approximate surface area is 118 Å². The van der Waals surface area contributed by atoms with Crippen molar-refractivity contribution < 1.29 is 0 Å². The van der Waals surface area contributed by atoms with Crippen molar-refractivity contribution in [1.29, 1.82) is 0 Å². The maximum absolute atomic E-state index is 3.50. The molecule has 0 unspecified atom stereocenters. The van der Waals surface area contributed by atoms with Crippen molar-refractivity contribution >= 4 is 26.8 Å². The van der Waals surface area contributed by atoms with E-state index in [0.717, 1.165) is 0 Å². The number of halogens is 1. The van der Waals surface area contributed by atoms with Crippen LogP contribution >= 0.6 is 15.9 Å². The van der Waals surface area contributed by atoms with Crippen molar-refractivity contribution in [3.63, 3.8) is 0 Å². The Kier molecular flexibility index (Phi) is 8.04. The number of unbranched alkanes of at least 4 members (excludes halogenated alkanes) is 2. The fourth-order valence-electron chi connectivity index (χ4n) is 1.76. The first-order valence-electron chi connectivity index (χ1n) is 6.64. The van der Waals surface area contributed by atoms with Gasteiger partial charge in [0, 0.05) is 10.0 Å². The van der Waals surface area contributed by atoms with Crippen LogP contribution in [0, 0.1) is 0 Å². The van der Waals surface area contributed by atoms with Crippen LogP contribution in [0.1, 0.15) is 45.1 Å². The second-order valence-electron chi connectivity index (χ2n) is 4.50. The van der Waals surface area contributed by atoms with Crippen molar-refractivity contribution in [2.75, 3.05) is 11.5 Å². The highest BCUT2D eigenvalue weighted by Gasteiger charge is 2.17. The van der Waals surface area contributed by atoms with Crippen LogP contribution in [0.25, 0.3) is 0 Å². The van der Waals surface area contributed by atoms with Gasteiger partial charge in [0.05, 0.1) is 0 Å². The Balaban J connectivity index is 2.48. The zero-order valence-corrected chi connectivity index (χ0v) is 13.4. The van der Waals surface area contributed by atoms with Crippen LogP contribution in [-0.2, 0) is 16.6 Å². The standard InChI is InChI=1S/C15H24BrS/c1-3-5-11-17(12-6-4-2)13-14-7-9-15(16)10-8-14/h7-10H,3-6,11-13H2,1-2H3/q+1. The van der Waals surface area contributed by atoms with E-state index in [9.17, 15) is 0 Å². The summed E-state index contributed by atoms with van der Waals surface area (Å²) in [4.78, 5) is 0. The van der Waals surface area contributed by atoms with E-state index in [1.807, 2.05) is 0 Å². The van der Waals surface area contributed by atoms with Crippen molar-refractivity contribution in [2.24, 2.45) is 0 Å². The Bertz CT molecular complexity index is 286. The lowest BCUT2D eigenvalue weighted by Crippen LogP contribution is -2.14. The minimum atomic E-state index is 0.603. The molecule has 0 bridgehead atoms. The topological polar surface area (TPSA) is 0 Å². The molecular formula is C15H24BrS+. The van der Waals surface area contributed by atoms with Gasteiger partial charge in [-0.1, -0.05) is 54.8 Å². The van der Waals surface area contributed by atoms with Crippen LogP contribution < -0.4 is 0 Å². The molecule has 17 heavy (non-hydrogen) atoms.